The molecule has 9 heteroatoms. The third kappa shape index (κ3) is 63.5. The van der Waals surface area contributed by atoms with Crippen LogP contribution in [-0.4, -0.2) is 68.4 Å². The summed E-state index contributed by atoms with van der Waals surface area (Å²) in [7, 11) is 0. The van der Waals surface area contributed by atoms with Gasteiger partial charge in [-0.05, 0) is 12.8 Å². The Bertz CT molecular complexity index is 848. The Kier molecular flexibility index (Phi) is 56.5. The van der Waals surface area contributed by atoms with Crippen LogP contribution in [0, 0.1) is 0 Å². The Morgan fingerprint density at radius 3 is 0.807 bits per heavy atom. The van der Waals surface area contributed by atoms with Crippen molar-refractivity contribution in [2.24, 2.45) is 0 Å². The molecule has 0 heterocycles. The molecule has 0 rings (SSSR count). The number of hydrogen-bond donors (Lipinski definition) is 2. The molecule has 0 saturated heterocycles. The molecule has 8 nitrogen and oxygen atoms in total. The Hall–Kier alpha value is -1.84. The van der Waals surface area contributed by atoms with Gasteiger partial charge in [-0.2, -0.15) is 0 Å². The van der Waals surface area contributed by atoms with Crippen molar-refractivity contribution < 1.29 is 38.9 Å². The molecule has 0 bridgehead atoms. The predicted octanol–water partition coefficient (Wildman–Crippen LogP) is 14.4. The molecule has 0 aliphatic carbocycles. The third-order valence-electron chi connectivity index (χ3n) is 9.62. The number of aliphatic carboxylic acids is 2. The number of esters is 2. The first-order valence-corrected chi connectivity index (χ1v) is 27.6. The SMILES string of the molecule is CCCCCCCCCCCCCCCCOC(=O)/C=C\C(=O)O.CCCCCCCCCCCCCCCCOC(=O)/C=C\C(=O)O.CCC[CH2][Sn][CH2]CCC. The van der Waals surface area contributed by atoms with Crippen LogP contribution in [0.15, 0.2) is 24.3 Å². The second-order valence-electron chi connectivity index (χ2n) is 15.3. The van der Waals surface area contributed by atoms with Gasteiger partial charge in [0.2, 0.25) is 0 Å². The van der Waals surface area contributed by atoms with Crippen molar-refractivity contribution in [3.8, 4) is 0 Å². The molecule has 2 radical (unpaired) electrons. The summed E-state index contributed by atoms with van der Waals surface area (Å²) in [5, 5.41) is 16.7. The summed E-state index contributed by atoms with van der Waals surface area (Å²) in [5.74, 6) is -3.42. The van der Waals surface area contributed by atoms with Crippen molar-refractivity contribution in [2.45, 2.75) is 242 Å². The van der Waals surface area contributed by atoms with Crippen LogP contribution >= 0.6 is 0 Å². The number of carbonyl (C=O) groups is 4. The molecule has 57 heavy (non-hydrogen) atoms. The molecule has 0 fully saturated rings. The van der Waals surface area contributed by atoms with Crippen molar-refractivity contribution in [2.75, 3.05) is 13.2 Å². The second-order valence-corrected chi connectivity index (χ2v) is 19.6. The van der Waals surface area contributed by atoms with Crippen molar-refractivity contribution in [1.82, 2.24) is 0 Å². The van der Waals surface area contributed by atoms with Gasteiger partial charge in [0, 0.05) is 24.3 Å². The van der Waals surface area contributed by atoms with E-state index in [0.29, 0.717) is 13.2 Å². The Labute approximate surface area is 361 Å². The van der Waals surface area contributed by atoms with Gasteiger partial charge in [-0.25, -0.2) is 19.2 Å². The molecule has 334 valence electrons. The maximum atomic E-state index is 11.1. The zero-order chi connectivity index (χ0) is 42.7. The summed E-state index contributed by atoms with van der Waals surface area (Å²) in [5.41, 5.74) is 0. The van der Waals surface area contributed by atoms with Crippen molar-refractivity contribution in [3.63, 3.8) is 0 Å². The topological polar surface area (TPSA) is 127 Å². The number of rotatable bonds is 40. The van der Waals surface area contributed by atoms with E-state index in [2.05, 4.69) is 27.7 Å². The van der Waals surface area contributed by atoms with Gasteiger partial charge in [-0.3, -0.25) is 0 Å². The first-order chi connectivity index (χ1) is 27.7. The minimum atomic E-state index is -1.14. The Morgan fingerprint density at radius 2 is 0.579 bits per heavy atom. The average molecular weight is 914 g/mol. The van der Waals surface area contributed by atoms with E-state index in [9.17, 15) is 19.2 Å². The van der Waals surface area contributed by atoms with E-state index in [1.807, 2.05) is 0 Å². The van der Waals surface area contributed by atoms with E-state index in [0.717, 1.165) is 50.0 Å². The summed E-state index contributed by atoms with van der Waals surface area (Å²) < 4.78 is 13.1. The summed E-state index contributed by atoms with van der Waals surface area (Å²) in [6.45, 7) is 9.85. The number of carboxylic acids is 2. The molecule has 0 aliphatic rings. The van der Waals surface area contributed by atoms with Gasteiger partial charge >= 0.3 is 93.4 Å². The number of carbonyl (C=O) groups excluding carboxylic acids is 2. The first kappa shape index (κ1) is 59.5. The predicted molar refractivity (Wildman–Crippen MR) is 241 cm³/mol. The van der Waals surface area contributed by atoms with Crippen LogP contribution in [0.3, 0.4) is 0 Å². The fourth-order valence-electron chi connectivity index (χ4n) is 6.04. The number of hydrogen-bond acceptors (Lipinski definition) is 6. The van der Waals surface area contributed by atoms with Crippen LogP contribution in [0.5, 0.6) is 0 Å². The quantitative estimate of drug-likeness (QED) is 0.0269. The van der Waals surface area contributed by atoms with E-state index in [1.54, 1.807) is 8.87 Å². The summed E-state index contributed by atoms with van der Waals surface area (Å²) in [4.78, 5) is 42.7. The monoisotopic (exact) mass is 915 g/mol. The molecule has 0 unspecified atom stereocenters. The third-order valence-corrected chi connectivity index (χ3v) is 13.7. The molecule has 0 saturated carbocycles. The number of unbranched alkanes of at least 4 members (excludes halogenated alkanes) is 28. The zero-order valence-electron chi connectivity index (χ0n) is 37.6. The zero-order valence-corrected chi connectivity index (χ0v) is 40.5. The fraction of sp³-hybridized carbons (Fsp3) is 0.833. The second kappa shape index (κ2) is 54.2. The van der Waals surface area contributed by atoms with Gasteiger partial charge < -0.3 is 19.7 Å². The fourth-order valence-corrected chi connectivity index (χ4v) is 10.2. The Balaban J connectivity index is -0.000000843. The summed E-state index contributed by atoms with van der Waals surface area (Å²) >= 11 is 0.149. The molecular formula is C48H90O8Sn. The van der Waals surface area contributed by atoms with Crippen molar-refractivity contribution in [3.05, 3.63) is 24.3 Å². The van der Waals surface area contributed by atoms with Gasteiger partial charge in [0.05, 0.1) is 13.2 Å². The first-order valence-electron chi connectivity index (χ1n) is 23.6. The minimum absolute atomic E-state index is 0.149. The van der Waals surface area contributed by atoms with Crippen LogP contribution in [0.1, 0.15) is 233 Å². The van der Waals surface area contributed by atoms with Gasteiger partial charge in [0.1, 0.15) is 0 Å². The standard InChI is InChI=1S/2C20H36O4.2C4H9.Sn/c2*1-2-3-4-5-6-7-8-9-10-11-12-13-14-15-18-24-20(23)17-16-19(21)22;2*1-3-4-2;/h2*16-17H,2-15,18H2,1H3,(H,21,22);2*1,3-4H2,2H3;/b2*17-16-;;;. The molecule has 2 N–H and O–H groups in total. The van der Waals surface area contributed by atoms with E-state index in [1.165, 1.54) is 180 Å². The van der Waals surface area contributed by atoms with E-state index >= 15 is 0 Å². The summed E-state index contributed by atoms with van der Waals surface area (Å²) in [6.07, 6.45) is 45.4. The molecule has 0 aliphatic heterocycles. The van der Waals surface area contributed by atoms with Crippen molar-refractivity contribution in [1.29, 1.82) is 0 Å². The van der Waals surface area contributed by atoms with E-state index in [-0.39, 0.29) is 21.1 Å². The van der Waals surface area contributed by atoms with Crippen LogP contribution in [0.4, 0.5) is 0 Å². The van der Waals surface area contributed by atoms with E-state index < -0.39 is 23.9 Å². The van der Waals surface area contributed by atoms with Crippen LogP contribution in [-0.2, 0) is 28.7 Å². The Morgan fingerprint density at radius 1 is 0.351 bits per heavy atom. The summed E-state index contributed by atoms with van der Waals surface area (Å²) in [6, 6.07) is 0. The van der Waals surface area contributed by atoms with Gasteiger partial charge in [-0.1, -0.05) is 181 Å². The molecule has 0 atom stereocenters. The normalized spacial score (nSPS) is 10.9. The molecule has 0 aromatic rings. The van der Waals surface area contributed by atoms with Crippen molar-refractivity contribution >= 4 is 45.0 Å². The average Bonchev–Trinajstić information content (AvgIpc) is 3.19. The van der Waals surface area contributed by atoms with Crippen LogP contribution in [0.2, 0.25) is 8.87 Å². The van der Waals surface area contributed by atoms with Crippen LogP contribution < -0.4 is 0 Å². The molecular weight excluding hydrogens is 823 g/mol. The molecule has 0 aromatic heterocycles. The number of carboxylic acid groups (broad SMARTS) is 2. The van der Waals surface area contributed by atoms with Gasteiger partial charge in [-0.15, -0.1) is 0 Å². The van der Waals surface area contributed by atoms with Gasteiger partial charge in [0.25, 0.3) is 0 Å². The maximum absolute atomic E-state index is 11.1. The van der Waals surface area contributed by atoms with Crippen LogP contribution in [0.25, 0.3) is 0 Å². The van der Waals surface area contributed by atoms with E-state index in [4.69, 9.17) is 19.7 Å². The van der Waals surface area contributed by atoms with Gasteiger partial charge in [0.15, 0.2) is 0 Å². The number of ether oxygens (including phenoxy) is 2. The molecule has 0 amide bonds. The molecule has 0 aromatic carbocycles. The molecule has 0 spiro atoms.